The van der Waals surface area contributed by atoms with Gasteiger partial charge in [0.1, 0.15) is 5.01 Å². The summed E-state index contributed by atoms with van der Waals surface area (Å²) in [6.45, 7) is 2.55. The van der Waals surface area contributed by atoms with Crippen LogP contribution in [0.2, 0.25) is 0 Å². The number of amides is 1. The van der Waals surface area contributed by atoms with Crippen molar-refractivity contribution in [1.29, 1.82) is 0 Å². The van der Waals surface area contributed by atoms with Crippen molar-refractivity contribution in [3.8, 4) is 0 Å². The zero-order valence-corrected chi connectivity index (χ0v) is 13.8. The number of carbonyl (C=O) groups excluding carboxylic acids is 1. The second kappa shape index (κ2) is 7.20. The number of benzene rings is 2. The fourth-order valence-corrected chi connectivity index (χ4v) is 3.16. The van der Waals surface area contributed by atoms with E-state index in [0.717, 1.165) is 11.4 Å². The van der Waals surface area contributed by atoms with Crippen molar-refractivity contribution in [2.45, 2.75) is 19.9 Å². The maximum atomic E-state index is 12.0. The lowest BCUT2D eigenvalue weighted by Crippen LogP contribution is -2.22. The van der Waals surface area contributed by atoms with Gasteiger partial charge >= 0.3 is 0 Å². The van der Waals surface area contributed by atoms with E-state index in [2.05, 4.69) is 41.5 Å². The Bertz CT molecular complexity index is 779. The molecule has 0 saturated carbocycles. The van der Waals surface area contributed by atoms with Gasteiger partial charge in [0, 0.05) is 23.1 Å². The number of thiazole rings is 1. The van der Waals surface area contributed by atoms with E-state index in [9.17, 15) is 4.79 Å². The smallest absolute Gasteiger partial charge is 0.251 e. The van der Waals surface area contributed by atoms with Crippen LogP contribution < -0.4 is 5.32 Å². The fraction of sp³-hybridized carbons (Fsp3) is 0.158. The largest absolute Gasteiger partial charge is 0.346 e. The third-order valence-electron chi connectivity index (χ3n) is 3.54. The quantitative estimate of drug-likeness (QED) is 0.772. The molecular weight excluding hydrogens is 304 g/mol. The minimum atomic E-state index is -0.0686. The van der Waals surface area contributed by atoms with Crippen LogP contribution >= 0.6 is 11.3 Å². The molecule has 23 heavy (non-hydrogen) atoms. The number of nitrogens with zero attached hydrogens (tertiary/aromatic N) is 1. The molecule has 0 fully saturated rings. The monoisotopic (exact) mass is 322 g/mol. The van der Waals surface area contributed by atoms with Crippen molar-refractivity contribution >= 4 is 17.2 Å². The Hall–Kier alpha value is -2.46. The Morgan fingerprint density at radius 1 is 1.09 bits per heavy atom. The van der Waals surface area contributed by atoms with Gasteiger partial charge in [0.15, 0.2) is 0 Å². The summed E-state index contributed by atoms with van der Waals surface area (Å²) in [6.07, 6.45) is 2.78. The Kier molecular flexibility index (Phi) is 4.83. The average molecular weight is 322 g/mol. The van der Waals surface area contributed by atoms with E-state index in [1.807, 2.05) is 24.4 Å². The molecule has 2 aromatic carbocycles. The molecule has 0 spiro atoms. The molecular formula is C19H18N2OS. The molecule has 4 heteroatoms. The van der Waals surface area contributed by atoms with Crippen molar-refractivity contribution in [3.05, 3.63) is 87.4 Å². The molecule has 0 bridgehead atoms. The Balaban J connectivity index is 1.57. The van der Waals surface area contributed by atoms with Crippen LogP contribution in [-0.4, -0.2) is 10.9 Å². The zero-order valence-electron chi connectivity index (χ0n) is 13.0. The standard InChI is InChI=1S/C19H18N2OS/c1-14-7-9-15(10-8-14)11-17-12-20-18(23-17)13-21-19(22)16-5-3-2-4-6-16/h2-10,12H,11,13H2,1H3,(H,21,22). The van der Waals surface area contributed by atoms with Gasteiger partial charge < -0.3 is 5.32 Å². The summed E-state index contributed by atoms with van der Waals surface area (Å²) in [7, 11) is 0. The van der Waals surface area contributed by atoms with E-state index in [0.29, 0.717) is 12.1 Å². The molecule has 0 aliphatic heterocycles. The van der Waals surface area contributed by atoms with Gasteiger partial charge in [-0.15, -0.1) is 11.3 Å². The predicted octanol–water partition coefficient (Wildman–Crippen LogP) is 3.97. The lowest BCUT2D eigenvalue weighted by molar-refractivity contribution is 0.0951. The summed E-state index contributed by atoms with van der Waals surface area (Å²) in [4.78, 5) is 17.6. The number of aryl methyl sites for hydroxylation is 1. The van der Waals surface area contributed by atoms with Crippen LogP contribution in [0.3, 0.4) is 0 Å². The van der Waals surface area contributed by atoms with Crippen LogP contribution in [0.15, 0.2) is 60.8 Å². The number of aromatic nitrogens is 1. The molecule has 0 unspecified atom stereocenters. The zero-order chi connectivity index (χ0) is 16.1. The number of rotatable bonds is 5. The maximum Gasteiger partial charge on any atom is 0.251 e. The van der Waals surface area contributed by atoms with Crippen molar-refractivity contribution in [2.75, 3.05) is 0 Å². The van der Waals surface area contributed by atoms with E-state index in [1.165, 1.54) is 16.0 Å². The summed E-state index contributed by atoms with van der Waals surface area (Å²) in [6, 6.07) is 17.8. The molecule has 3 rings (SSSR count). The van der Waals surface area contributed by atoms with E-state index in [4.69, 9.17) is 0 Å². The molecule has 1 aromatic heterocycles. The van der Waals surface area contributed by atoms with Gasteiger partial charge in [-0.05, 0) is 24.6 Å². The number of nitrogens with one attached hydrogen (secondary N) is 1. The molecule has 1 N–H and O–H groups in total. The van der Waals surface area contributed by atoms with Crippen LogP contribution in [0, 0.1) is 6.92 Å². The second-order valence-corrected chi connectivity index (χ2v) is 6.63. The average Bonchev–Trinajstić information content (AvgIpc) is 3.03. The van der Waals surface area contributed by atoms with Gasteiger partial charge in [-0.1, -0.05) is 48.0 Å². The van der Waals surface area contributed by atoms with E-state index in [-0.39, 0.29) is 5.91 Å². The molecule has 3 aromatic rings. The summed E-state index contributed by atoms with van der Waals surface area (Å²) >= 11 is 1.64. The van der Waals surface area contributed by atoms with Crippen LogP contribution in [-0.2, 0) is 13.0 Å². The maximum absolute atomic E-state index is 12.0. The molecule has 0 aliphatic carbocycles. The van der Waals surface area contributed by atoms with Gasteiger partial charge in [-0.3, -0.25) is 4.79 Å². The summed E-state index contributed by atoms with van der Waals surface area (Å²) in [5.41, 5.74) is 3.21. The van der Waals surface area contributed by atoms with Gasteiger partial charge in [0.25, 0.3) is 5.91 Å². The van der Waals surface area contributed by atoms with E-state index >= 15 is 0 Å². The van der Waals surface area contributed by atoms with Gasteiger partial charge in [0.2, 0.25) is 0 Å². The lowest BCUT2D eigenvalue weighted by atomic mass is 10.1. The second-order valence-electron chi connectivity index (χ2n) is 5.43. The first-order chi connectivity index (χ1) is 11.2. The number of hydrogen-bond donors (Lipinski definition) is 1. The summed E-state index contributed by atoms with van der Waals surface area (Å²) in [5, 5.41) is 3.84. The first-order valence-electron chi connectivity index (χ1n) is 7.53. The molecule has 3 nitrogen and oxygen atoms in total. The van der Waals surface area contributed by atoms with Crippen LogP contribution in [0.4, 0.5) is 0 Å². The van der Waals surface area contributed by atoms with E-state index in [1.54, 1.807) is 23.5 Å². The van der Waals surface area contributed by atoms with Crippen LogP contribution in [0.25, 0.3) is 0 Å². The fourth-order valence-electron chi connectivity index (χ4n) is 2.27. The predicted molar refractivity (Wildman–Crippen MR) is 93.7 cm³/mol. The van der Waals surface area contributed by atoms with Gasteiger partial charge in [-0.25, -0.2) is 4.98 Å². The Labute approximate surface area is 140 Å². The molecule has 0 aliphatic rings. The third kappa shape index (κ3) is 4.27. The van der Waals surface area contributed by atoms with Crippen molar-refractivity contribution < 1.29 is 4.79 Å². The van der Waals surface area contributed by atoms with Gasteiger partial charge in [0.05, 0.1) is 6.54 Å². The number of hydrogen-bond acceptors (Lipinski definition) is 3. The Morgan fingerprint density at radius 2 is 1.83 bits per heavy atom. The van der Waals surface area contributed by atoms with Crippen LogP contribution in [0.1, 0.15) is 31.4 Å². The van der Waals surface area contributed by atoms with Crippen molar-refractivity contribution in [2.24, 2.45) is 0 Å². The summed E-state index contributed by atoms with van der Waals surface area (Å²) in [5.74, 6) is -0.0686. The Morgan fingerprint density at radius 3 is 2.57 bits per heavy atom. The normalized spacial score (nSPS) is 10.5. The molecule has 116 valence electrons. The molecule has 0 atom stereocenters. The van der Waals surface area contributed by atoms with Gasteiger partial charge in [-0.2, -0.15) is 0 Å². The van der Waals surface area contributed by atoms with Crippen LogP contribution in [0.5, 0.6) is 0 Å². The van der Waals surface area contributed by atoms with Crippen molar-refractivity contribution in [3.63, 3.8) is 0 Å². The highest BCUT2D eigenvalue weighted by atomic mass is 32.1. The highest BCUT2D eigenvalue weighted by molar-refractivity contribution is 7.11. The lowest BCUT2D eigenvalue weighted by Gasteiger charge is -2.02. The first kappa shape index (κ1) is 15.4. The summed E-state index contributed by atoms with van der Waals surface area (Å²) < 4.78 is 0. The molecule has 1 amide bonds. The highest BCUT2D eigenvalue weighted by Gasteiger charge is 2.07. The van der Waals surface area contributed by atoms with Crippen molar-refractivity contribution in [1.82, 2.24) is 10.3 Å². The molecule has 1 heterocycles. The number of carbonyl (C=O) groups is 1. The topological polar surface area (TPSA) is 42.0 Å². The highest BCUT2D eigenvalue weighted by Crippen LogP contribution is 2.17. The third-order valence-corrected chi connectivity index (χ3v) is 4.53. The van der Waals surface area contributed by atoms with E-state index < -0.39 is 0 Å². The minimum Gasteiger partial charge on any atom is -0.346 e. The molecule has 0 radical (unpaired) electrons. The SMILES string of the molecule is Cc1ccc(Cc2cnc(CNC(=O)c3ccccc3)s2)cc1. The minimum absolute atomic E-state index is 0.0686. The molecule has 0 saturated heterocycles. The first-order valence-corrected chi connectivity index (χ1v) is 8.35.